The molecule has 0 spiro atoms. The molecular formula is C28H29N3O3. The van der Waals surface area contributed by atoms with E-state index in [1.807, 2.05) is 50.2 Å². The van der Waals surface area contributed by atoms with E-state index in [1.54, 1.807) is 24.3 Å². The summed E-state index contributed by atoms with van der Waals surface area (Å²) in [6.07, 6.45) is 0.214. The largest absolute Gasteiger partial charge is 0.507 e. The third kappa shape index (κ3) is 5.64. The van der Waals surface area contributed by atoms with Crippen LogP contribution in [0.1, 0.15) is 60.7 Å². The van der Waals surface area contributed by atoms with Gasteiger partial charge in [-0.15, -0.1) is 5.10 Å². The number of carbonyl (C=O) groups is 2. The molecule has 0 fully saturated rings. The number of rotatable bonds is 9. The molecule has 1 aromatic heterocycles. The fourth-order valence-corrected chi connectivity index (χ4v) is 3.55. The number of Topliss-reactive ketones (excluding diaryl/α,β-unsaturated/α-hetero) is 1. The maximum absolute atomic E-state index is 12.9. The fourth-order valence-electron chi connectivity index (χ4n) is 3.55. The predicted octanol–water partition coefficient (Wildman–Crippen LogP) is 5.83. The van der Waals surface area contributed by atoms with Gasteiger partial charge >= 0.3 is 0 Å². The first-order valence-corrected chi connectivity index (χ1v) is 11.1. The number of aryl methyl sites for hydroxylation is 1. The van der Waals surface area contributed by atoms with Gasteiger partial charge in [-0.2, -0.15) is 5.10 Å². The van der Waals surface area contributed by atoms with Crippen LogP contribution in [0.4, 0.5) is 5.82 Å². The van der Waals surface area contributed by atoms with Crippen LogP contribution in [0.15, 0.2) is 72.8 Å². The molecule has 0 aliphatic rings. The molecule has 6 heteroatoms. The van der Waals surface area contributed by atoms with E-state index >= 15 is 0 Å². The summed E-state index contributed by atoms with van der Waals surface area (Å²) in [5.41, 5.74) is 4.71. The molecule has 2 aromatic carbocycles. The lowest BCUT2D eigenvalue weighted by molar-refractivity contribution is -0.127. The summed E-state index contributed by atoms with van der Waals surface area (Å²) in [6, 6.07) is 17.4. The van der Waals surface area contributed by atoms with E-state index in [9.17, 15) is 14.7 Å². The van der Waals surface area contributed by atoms with E-state index in [0.717, 1.165) is 22.4 Å². The molecule has 0 radical (unpaired) electrons. The maximum atomic E-state index is 12.9. The van der Waals surface area contributed by atoms with E-state index in [0.29, 0.717) is 22.9 Å². The number of aromatic nitrogens is 2. The van der Waals surface area contributed by atoms with Gasteiger partial charge in [0.05, 0.1) is 17.3 Å². The number of nitrogens with one attached hydrogen (secondary N) is 1. The van der Waals surface area contributed by atoms with Gasteiger partial charge in [0.2, 0.25) is 5.78 Å². The minimum Gasteiger partial charge on any atom is -0.507 e. The molecular weight excluding hydrogens is 426 g/mol. The number of aliphatic hydroxyl groups is 1. The summed E-state index contributed by atoms with van der Waals surface area (Å²) in [6.45, 7) is 11.8. The second-order valence-electron chi connectivity index (χ2n) is 8.56. The Morgan fingerprint density at radius 2 is 1.53 bits per heavy atom. The second kappa shape index (κ2) is 10.7. The number of nitrogens with zero attached hydrogens (tertiary/aromatic N) is 2. The van der Waals surface area contributed by atoms with Gasteiger partial charge in [0.1, 0.15) is 11.6 Å². The number of aldehydes is 1. The SMILES string of the molecule is C=C(C)c1ccc(C(Nc2ccc(C)nn2)C(C(=O)C=O)=C(O)c2ccc(C(C)C)cc2)cc1. The van der Waals surface area contributed by atoms with Crippen LogP contribution < -0.4 is 5.32 Å². The Bertz CT molecular complexity index is 1210. The van der Waals surface area contributed by atoms with Gasteiger partial charge in [-0.3, -0.25) is 9.59 Å². The van der Waals surface area contributed by atoms with E-state index in [-0.39, 0.29) is 17.6 Å². The molecule has 6 nitrogen and oxygen atoms in total. The highest BCUT2D eigenvalue weighted by Gasteiger charge is 2.28. The van der Waals surface area contributed by atoms with Crippen LogP contribution in [0.3, 0.4) is 0 Å². The summed E-state index contributed by atoms with van der Waals surface area (Å²) in [4.78, 5) is 24.5. The first-order chi connectivity index (χ1) is 16.2. The zero-order chi connectivity index (χ0) is 24.8. The Morgan fingerprint density at radius 3 is 2.03 bits per heavy atom. The number of anilines is 1. The highest BCUT2D eigenvalue weighted by Crippen LogP contribution is 2.32. The number of ketones is 1. The summed E-state index contributed by atoms with van der Waals surface area (Å²) in [5, 5.41) is 22.6. The number of hydrogen-bond acceptors (Lipinski definition) is 6. The lowest BCUT2D eigenvalue weighted by Gasteiger charge is -2.23. The van der Waals surface area contributed by atoms with Crippen LogP contribution in [0.5, 0.6) is 0 Å². The van der Waals surface area contributed by atoms with Crippen molar-refractivity contribution in [2.24, 2.45) is 0 Å². The quantitative estimate of drug-likeness (QED) is 0.182. The van der Waals surface area contributed by atoms with Crippen LogP contribution in [-0.4, -0.2) is 27.4 Å². The molecule has 0 bridgehead atoms. The van der Waals surface area contributed by atoms with Gasteiger partial charge in [-0.25, -0.2) is 0 Å². The molecule has 1 heterocycles. The topological polar surface area (TPSA) is 92.2 Å². The zero-order valence-corrected chi connectivity index (χ0v) is 19.9. The van der Waals surface area contributed by atoms with Crippen LogP contribution in [0.25, 0.3) is 11.3 Å². The minimum atomic E-state index is -0.848. The standard InChI is InChI=1S/C28H29N3O3/c1-17(2)20-7-11-22(12-8-20)27(29-25-15-6-19(5)30-31-25)26(24(33)16-32)28(34)23-13-9-21(10-14-23)18(3)4/h6-16,18,27,34H,1H2,2-5H3,(H,29,31). The average molecular weight is 456 g/mol. The van der Waals surface area contributed by atoms with Crippen LogP contribution in [0, 0.1) is 6.92 Å². The third-order valence-electron chi connectivity index (χ3n) is 5.59. The number of hydrogen-bond donors (Lipinski definition) is 2. The molecule has 0 aliphatic heterocycles. The average Bonchev–Trinajstić information content (AvgIpc) is 2.84. The third-order valence-corrected chi connectivity index (χ3v) is 5.59. The highest BCUT2D eigenvalue weighted by molar-refractivity contribution is 6.35. The van der Waals surface area contributed by atoms with Gasteiger partial charge in [0.15, 0.2) is 6.29 Å². The molecule has 1 unspecified atom stereocenters. The first-order valence-electron chi connectivity index (χ1n) is 11.1. The lowest BCUT2D eigenvalue weighted by Crippen LogP contribution is -2.22. The summed E-state index contributed by atoms with van der Waals surface area (Å²) in [7, 11) is 0. The van der Waals surface area contributed by atoms with Gasteiger partial charge in [0, 0.05) is 5.56 Å². The van der Waals surface area contributed by atoms with Gasteiger partial charge in [-0.1, -0.05) is 74.5 Å². The molecule has 34 heavy (non-hydrogen) atoms. The summed E-state index contributed by atoms with van der Waals surface area (Å²) >= 11 is 0. The van der Waals surface area contributed by atoms with Crippen molar-refractivity contribution in [2.45, 2.75) is 39.7 Å². The van der Waals surface area contributed by atoms with Gasteiger partial charge in [0.25, 0.3) is 0 Å². The van der Waals surface area contributed by atoms with E-state index < -0.39 is 11.8 Å². The van der Waals surface area contributed by atoms with E-state index in [2.05, 4.69) is 35.9 Å². The van der Waals surface area contributed by atoms with Crippen molar-refractivity contribution in [2.75, 3.05) is 5.32 Å². The van der Waals surface area contributed by atoms with E-state index in [1.165, 1.54) is 0 Å². The molecule has 3 rings (SSSR count). The van der Waals surface area contributed by atoms with Crippen molar-refractivity contribution >= 4 is 29.2 Å². The van der Waals surface area contributed by atoms with Gasteiger partial charge < -0.3 is 10.4 Å². The van der Waals surface area contributed by atoms with Crippen molar-refractivity contribution in [3.05, 3.63) is 101 Å². The van der Waals surface area contributed by atoms with Crippen molar-refractivity contribution < 1.29 is 14.7 Å². The van der Waals surface area contributed by atoms with Crippen molar-refractivity contribution in [1.82, 2.24) is 10.2 Å². The Hall–Kier alpha value is -4.06. The molecule has 0 aliphatic carbocycles. The minimum absolute atomic E-state index is 0.0715. The summed E-state index contributed by atoms with van der Waals surface area (Å²) in [5.74, 6) is -0.378. The Kier molecular flexibility index (Phi) is 7.74. The van der Waals surface area contributed by atoms with Gasteiger partial charge in [-0.05, 0) is 48.6 Å². The van der Waals surface area contributed by atoms with Crippen molar-refractivity contribution in [3.63, 3.8) is 0 Å². The maximum Gasteiger partial charge on any atom is 0.227 e. The lowest BCUT2D eigenvalue weighted by atomic mass is 9.91. The molecule has 0 saturated carbocycles. The van der Waals surface area contributed by atoms with Crippen LogP contribution in [0.2, 0.25) is 0 Å². The second-order valence-corrected chi connectivity index (χ2v) is 8.56. The Labute approximate surface area is 200 Å². The highest BCUT2D eigenvalue weighted by atomic mass is 16.3. The first kappa shape index (κ1) is 24.6. The Balaban J connectivity index is 2.17. The normalized spacial score (nSPS) is 12.6. The molecule has 0 saturated heterocycles. The van der Waals surface area contributed by atoms with E-state index in [4.69, 9.17) is 0 Å². The van der Waals surface area contributed by atoms with Crippen LogP contribution >= 0.6 is 0 Å². The monoisotopic (exact) mass is 455 g/mol. The molecule has 1 atom stereocenters. The Morgan fingerprint density at radius 1 is 0.941 bits per heavy atom. The van der Waals surface area contributed by atoms with Crippen molar-refractivity contribution in [1.29, 1.82) is 0 Å². The molecule has 2 N–H and O–H groups in total. The number of benzene rings is 2. The molecule has 174 valence electrons. The predicted molar refractivity (Wildman–Crippen MR) is 135 cm³/mol. The fraction of sp³-hybridized carbons (Fsp3) is 0.214. The summed E-state index contributed by atoms with van der Waals surface area (Å²) < 4.78 is 0. The number of allylic oxidation sites excluding steroid dienone is 1. The zero-order valence-electron chi connectivity index (χ0n) is 19.9. The van der Waals surface area contributed by atoms with Crippen LogP contribution in [-0.2, 0) is 9.59 Å². The number of carbonyl (C=O) groups excluding carboxylic acids is 2. The molecule has 3 aromatic rings. The molecule has 0 amide bonds. The number of aliphatic hydroxyl groups excluding tert-OH is 1. The van der Waals surface area contributed by atoms with Crippen molar-refractivity contribution in [3.8, 4) is 0 Å². The smallest absolute Gasteiger partial charge is 0.227 e.